The van der Waals surface area contributed by atoms with Crippen LogP contribution in [0.15, 0.2) is 66.7 Å². The fourth-order valence-corrected chi connectivity index (χ4v) is 4.77. The highest BCUT2D eigenvalue weighted by Gasteiger charge is 2.31. The summed E-state index contributed by atoms with van der Waals surface area (Å²) < 4.78 is 28.8. The Labute approximate surface area is 190 Å². The number of nitrogens with one attached hydrogen (secondary N) is 1. The summed E-state index contributed by atoms with van der Waals surface area (Å²) >= 11 is 0. The zero-order valence-electron chi connectivity index (χ0n) is 18.4. The lowest BCUT2D eigenvalue weighted by molar-refractivity contribution is 0.142. The van der Waals surface area contributed by atoms with E-state index in [1.54, 1.807) is 0 Å². The van der Waals surface area contributed by atoms with Crippen LogP contribution >= 0.6 is 0 Å². The molecular formula is C26H29NO4S. The Balaban J connectivity index is 1.44. The summed E-state index contributed by atoms with van der Waals surface area (Å²) in [4.78, 5) is 0. The Morgan fingerprint density at radius 1 is 1.06 bits per heavy atom. The van der Waals surface area contributed by atoms with Gasteiger partial charge in [-0.25, -0.2) is 8.42 Å². The average Bonchev–Trinajstić information content (AvgIpc) is 3.07. The highest BCUT2D eigenvalue weighted by Crippen LogP contribution is 2.34. The van der Waals surface area contributed by atoms with Gasteiger partial charge in [-0.3, -0.25) is 0 Å². The Hall–Kier alpha value is -2.67. The summed E-state index contributed by atoms with van der Waals surface area (Å²) in [6.45, 7) is 2.89. The number of hydrogen-bond acceptors (Lipinski definition) is 5. The molecule has 0 heterocycles. The van der Waals surface area contributed by atoms with E-state index in [0.29, 0.717) is 19.6 Å². The average molecular weight is 452 g/mol. The highest BCUT2D eigenvalue weighted by atomic mass is 32.2. The highest BCUT2D eigenvalue weighted by molar-refractivity contribution is 7.90. The fourth-order valence-electron chi connectivity index (χ4n) is 4.28. The summed E-state index contributed by atoms with van der Waals surface area (Å²) in [5, 5.41) is 13.6. The van der Waals surface area contributed by atoms with Crippen molar-refractivity contribution in [2.75, 3.05) is 18.6 Å². The first kappa shape index (κ1) is 22.5. The van der Waals surface area contributed by atoms with Crippen molar-refractivity contribution in [1.29, 1.82) is 0 Å². The zero-order valence-corrected chi connectivity index (χ0v) is 19.2. The Morgan fingerprint density at radius 3 is 2.59 bits per heavy atom. The third-order valence-electron chi connectivity index (χ3n) is 6.03. The van der Waals surface area contributed by atoms with Gasteiger partial charge in [0.1, 0.15) is 22.2 Å². The Bertz CT molecular complexity index is 1190. The van der Waals surface area contributed by atoms with Gasteiger partial charge in [0, 0.05) is 19.2 Å². The number of aliphatic hydroxyl groups excluding tert-OH is 1. The van der Waals surface area contributed by atoms with E-state index >= 15 is 0 Å². The minimum absolute atomic E-state index is 0.0497. The number of benzene rings is 3. The molecule has 0 bridgehead atoms. The first-order valence-electron chi connectivity index (χ1n) is 10.8. The van der Waals surface area contributed by atoms with Crippen molar-refractivity contribution < 1.29 is 18.3 Å². The third kappa shape index (κ3) is 5.21. The van der Waals surface area contributed by atoms with Gasteiger partial charge >= 0.3 is 0 Å². The van der Waals surface area contributed by atoms with Gasteiger partial charge in [-0.15, -0.1) is 0 Å². The molecule has 0 aliphatic heterocycles. The van der Waals surface area contributed by atoms with Crippen molar-refractivity contribution in [3.8, 4) is 16.9 Å². The van der Waals surface area contributed by atoms with Crippen LogP contribution in [0.25, 0.3) is 11.1 Å². The molecule has 2 N–H and O–H groups in total. The van der Waals surface area contributed by atoms with Crippen molar-refractivity contribution in [2.45, 2.75) is 32.1 Å². The second kappa shape index (κ2) is 9.45. The molecule has 1 aliphatic rings. The molecule has 0 radical (unpaired) electrons. The van der Waals surface area contributed by atoms with Crippen LogP contribution in [-0.2, 0) is 22.9 Å². The molecule has 3 aromatic carbocycles. The van der Waals surface area contributed by atoms with E-state index in [0.717, 1.165) is 22.4 Å². The normalized spacial score (nSPS) is 17.8. The SMILES string of the molecule is Cc1c(COc2ccc3c(c2)C[C@H](O)[C@@H]3NCCS(C)(=O)=O)cccc1-c1ccccc1. The van der Waals surface area contributed by atoms with Crippen molar-refractivity contribution in [3.63, 3.8) is 0 Å². The van der Waals surface area contributed by atoms with Gasteiger partial charge in [-0.05, 0) is 52.4 Å². The van der Waals surface area contributed by atoms with Gasteiger partial charge in [0.25, 0.3) is 0 Å². The molecule has 0 unspecified atom stereocenters. The molecule has 0 fully saturated rings. The van der Waals surface area contributed by atoms with Gasteiger partial charge in [-0.1, -0.05) is 54.6 Å². The van der Waals surface area contributed by atoms with Gasteiger partial charge in [0.05, 0.1) is 17.9 Å². The minimum atomic E-state index is -3.04. The van der Waals surface area contributed by atoms with E-state index in [9.17, 15) is 13.5 Å². The number of hydrogen-bond donors (Lipinski definition) is 2. The van der Waals surface area contributed by atoms with Crippen LogP contribution in [0, 0.1) is 6.92 Å². The fraction of sp³-hybridized carbons (Fsp3) is 0.308. The molecule has 1 aliphatic carbocycles. The first-order valence-corrected chi connectivity index (χ1v) is 12.9. The minimum Gasteiger partial charge on any atom is -0.489 e. The van der Waals surface area contributed by atoms with E-state index in [1.165, 1.54) is 22.9 Å². The monoisotopic (exact) mass is 451 g/mol. The zero-order chi connectivity index (χ0) is 22.7. The smallest absolute Gasteiger partial charge is 0.148 e. The predicted octanol–water partition coefficient (Wildman–Crippen LogP) is 3.83. The molecule has 0 aromatic heterocycles. The summed E-state index contributed by atoms with van der Waals surface area (Å²) in [6, 6.07) is 22.2. The van der Waals surface area contributed by atoms with E-state index in [-0.39, 0.29) is 11.8 Å². The number of fused-ring (bicyclic) bond motifs is 1. The first-order chi connectivity index (χ1) is 15.3. The van der Waals surface area contributed by atoms with Crippen molar-refractivity contribution in [3.05, 3.63) is 89.0 Å². The van der Waals surface area contributed by atoms with Crippen LogP contribution < -0.4 is 10.1 Å². The van der Waals surface area contributed by atoms with Crippen LogP contribution in [0.4, 0.5) is 0 Å². The lowest BCUT2D eigenvalue weighted by atomic mass is 9.97. The van der Waals surface area contributed by atoms with Crippen molar-refractivity contribution >= 4 is 9.84 Å². The molecule has 0 amide bonds. The summed E-state index contributed by atoms with van der Waals surface area (Å²) in [5.74, 6) is 0.811. The van der Waals surface area contributed by atoms with Gasteiger partial charge in [-0.2, -0.15) is 0 Å². The maximum absolute atomic E-state index is 11.4. The van der Waals surface area contributed by atoms with Crippen molar-refractivity contribution in [1.82, 2.24) is 5.32 Å². The van der Waals surface area contributed by atoms with Crippen LogP contribution in [0.3, 0.4) is 0 Å². The largest absolute Gasteiger partial charge is 0.489 e. The van der Waals surface area contributed by atoms with E-state index in [1.807, 2.05) is 36.4 Å². The number of ether oxygens (including phenoxy) is 1. The molecule has 6 heteroatoms. The van der Waals surface area contributed by atoms with Crippen LogP contribution in [0.2, 0.25) is 0 Å². The Kier molecular flexibility index (Phi) is 6.65. The molecule has 2 atom stereocenters. The van der Waals surface area contributed by atoms with Gasteiger partial charge < -0.3 is 15.2 Å². The molecular weight excluding hydrogens is 422 g/mol. The van der Waals surface area contributed by atoms with Crippen molar-refractivity contribution in [2.24, 2.45) is 0 Å². The molecule has 0 saturated carbocycles. The molecule has 4 rings (SSSR count). The summed E-state index contributed by atoms with van der Waals surface area (Å²) in [5.41, 5.74) is 6.75. The van der Waals surface area contributed by atoms with Crippen LogP contribution in [0.5, 0.6) is 5.75 Å². The summed E-state index contributed by atoms with van der Waals surface area (Å²) in [7, 11) is -3.04. The molecule has 3 aromatic rings. The van der Waals surface area contributed by atoms with E-state index in [2.05, 4.69) is 42.6 Å². The number of rotatable bonds is 8. The second-order valence-corrected chi connectivity index (χ2v) is 10.7. The van der Waals surface area contributed by atoms with E-state index in [4.69, 9.17) is 4.74 Å². The Morgan fingerprint density at radius 2 is 1.84 bits per heavy atom. The maximum atomic E-state index is 11.4. The van der Waals surface area contributed by atoms with Gasteiger partial charge in [0.2, 0.25) is 0 Å². The lowest BCUT2D eigenvalue weighted by Gasteiger charge is -2.18. The van der Waals surface area contributed by atoms with E-state index < -0.39 is 15.9 Å². The summed E-state index contributed by atoms with van der Waals surface area (Å²) in [6.07, 6.45) is 1.16. The quantitative estimate of drug-likeness (QED) is 0.544. The standard InChI is InChI=1S/C26H29NO4S/c1-18-20(9-6-10-23(18)19-7-4-3-5-8-19)17-31-22-11-12-24-21(15-22)16-25(28)26(24)27-13-14-32(2,29)30/h3-12,15,25-28H,13-14,16-17H2,1-2H3/t25-,26+/m0/s1. The molecule has 5 nitrogen and oxygen atoms in total. The second-order valence-electron chi connectivity index (χ2n) is 8.44. The molecule has 0 spiro atoms. The topological polar surface area (TPSA) is 75.6 Å². The van der Waals surface area contributed by atoms with Crippen LogP contribution in [-0.4, -0.2) is 38.2 Å². The number of aliphatic hydroxyl groups is 1. The lowest BCUT2D eigenvalue weighted by Crippen LogP contribution is -2.32. The maximum Gasteiger partial charge on any atom is 0.148 e. The molecule has 168 valence electrons. The molecule has 32 heavy (non-hydrogen) atoms. The molecule has 0 saturated heterocycles. The van der Waals surface area contributed by atoms with Crippen LogP contribution in [0.1, 0.15) is 28.3 Å². The third-order valence-corrected chi connectivity index (χ3v) is 6.97. The predicted molar refractivity (Wildman–Crippen MR) is 128 cm³/mol. The van der Waals surface area contributed by atoms with Gasteiger partial charge in [0.15, 0.2) is 0 Å². The number of sulfone groups is 1.